The van der Waals surface area contributed by atoms with Crippen molar-refractivity contribution in [2.24, 2.45) is 17.6 Å². The number of aryl methyl sites for hydroxylation is 1. The number of hydrogen-bond acceptors (Lipinski definition) is 4. The van der Waals surface area contributed by atoms with Gasteiger partial charge in [0.1, 0.15) is 0 Å². The van der Waals surface area contributed by atoms with Gasteiger partial charge in [-0.3, -0.25) is 0 Å². The van der Waals surface area contributed by atoms with Gasteiger partial charge in [0, 0.05) is 18.9 Å². The largest absolute Gasteiger partial charge is 0.339 e. The minimum Gasteiger partial charge on any atom is -0.339 e. The first-order chi connectivity index (χ1) is 7.65. The molecular formula is C12H21N3O. The lowest BCUT2D eigenvalue weighted by Crippen LogP contribution is -2.25. The monoisotopic (exact) mass is 223 g/mol. The Bertz CT molecular complexity index is 331. The summed E-state index contributed by atoms with van der Waals surface area (Å²) < 4.78 is 5.20. The molecule has 0 bridgehead atoms. The molecule has 4 heteroatoms. The lowest BCUT2D eigenvalue weighted by Gasteiger charge is -2.04. The molecule has 2 rings (SSSR count). The minimum atomic E-state index is 0.207. The normalized spacial score (nSPS) is 18.0. The molecule has 2 N–H and O–H groups in total. The lowest BCUT2D eigenvalue weighted by molar-refractivity contribution is 0.358. The number of nitrogens with zero attached hydrogens (tertiary/aromatic N) is 2. The molecule has 1 aliphatic carbocycles. The predicted octanol–water partition coefficient (Wildman–Crippen LogP) is 1.94. The summed E-state index contributed by atoms with van der Waals surface area (Å²) in [5.74, 6) is 2.89. The van der Waals surface area contributed by atoms with Gasteiger partial charge < -0.3 is 10.3 Å². The summed E-state index contributed by atoms with van der Waals surface area (Å²) in [4.78, 5) is 4.37. The van der Waals surface area contributed by atoms with Gasteiger partial charge in [0.2, 0.25) is 5.89 Å². The Morgan fingerprint density at radius 3 is 2.81 bits per heavy atom. The molecule has 1 fully saturated rings. The molecule has 0 spiro atoms. The Kier molecular flexibility index (Phi) is 3.59. The van der Waals surface area contributed by atoms with E-state index in [0.29, 0.717) is 17.7 Å². The molecule has 1 unspecified atom stereocenters. The predicted molar refractivity (Wildman–Crippen MR) is 61.9 cm³/mol. The maximum Gasteiger partial charge on any atom is 0.228 e. The third-order valence-electron chi connectivity index (χ3n) is 3.09. The van der Waals surface area contributed by atoms with Crippen LogP contribution in [0.3, 0.4) is 0 Å². The molecule has 1 aromatic heterocycles. The van der Waals surface area contributed by atoms with Crippen molar-refractivity contribution >= 4 is 0 Å². The molecule has 1 saturated carbocycles. The fraction of sp³-hybridized carbons (Fsp3) is 0.833. The van der Waals surface area contributed by atoms with Crippen LogP contribution < -0.4 is 5.73 Å². The van der Waals surface area contributed by atoms with Gasteiger partial charge in [-0.15, -0.1) is 0 Å². The highest BCUT2D eigenvalue weighted by molar-refractivity contribution is 4.94. The van der Waals surface area contributed by atoms with Crippen LogP contribution in [-0.2, 0) is 12.8 Å². The van der Waals surface area contributed by atoms with Crippen LogP contribution in [0.2, 0.25) is 0 Å². The van der Waals surface area contributed by atoms with Crippen molar-refractivity contribution < 1.29 is 4.52 Å². The summed E-state index contributed by atoms with van der Waals surface area (Å²) in [6.07, 6.45) is 5.26. The summed E-state index contributed by atoms with van der Waals surface area (Å²) in [7, 11) is 0. The van der Waals surface area contributed by atoms with Gasteiger partial charge in [0.15, 0.2) is 5.82 Å². The van der Waals surface area contributed by atoms with E-state index in [1.54, 1.807) is 0 Å². The van der Waals surface area contributed by atoms with Crippen LogP contribution in [0.25, 0.3) is 0 Å². The second-order valence-electron chi connectivity index (χ2n) is 5.24. The topological polar surface area (TPSA) is 64.9 Å². The van der Waals surface area contributed by atoms with E-state index in [2.05, 4.69) is 24.0 Å². The quantitative estimate of drug-likeness (QED) is 0.800. The highest BCUT2D eigenvalue weighted by Crippen LogP contribution is 2.32. The highest BCUT2D eigenvalue weighted by Gasteiger charge is 2.29. The minimum absolute atomic E-state index is 0.207. The lowest BCUT2D eigenvalue weighted by atomic mass is 10.1. The Balaban J connectivity index is 1.81. The van der Waals surface area contributed by atoms with Gasteiger partial charge in [-0.05, 0) is 31.1 Å². The average Bonchev–Trinajstić information content (AvgIpc) is 2.98. The van der Waals surface area contributed by atoms with E-state index in [9.17, 15) is 0 Å². The fourth-order valence-electron chi connectivity index (χ4n) is 1.79. The van der Waals surface area contributed by atoms with Crippen LogP contribution in [0.15, 0.2) is 4.52 Å². The molecule has 0 aromatic carbocycles. The molecule has 1 aliphatic rings. The van der Waals surface area contributed by atoms with E-state index in [4.69, 9.17) is 10.3 Å². The summed E-state index contributed by atoms with van der Waals surface area (Å²) in [6, 6.07) is 0.207. The van der Waals surface area contributed by atoms with Crippen LogP contribution in [0.1, 0.15) is 44.8 Å². The molecule has 0 aliphatic heterocycles. The zero-order valence-corrected chi connectivity index (χ0v) is 10.1. The van der Waals surface area contributed by atoms with Gasteiger partial charge in [-0.25, -0.2) is 0 Å². The van der Waals surface area contributed by atoms with E-state index >= 15 is 0 Å². The Morgan fingerprint density at radius 2 is 2.19 bits per heavy atom. The van der Waals surface area contributed by atoms with Crippen molar-refractivity contribution in [3.8, 4) is 0 Å². The number of aromatic nitrogens is 2. The molecule has 4 nitrogen and oxygen atoms in total. The average molecular weight is 223 g/mol. The summed E-state index contributed by atoms with van der Waals surface area (Å²) >= 11 is 0. The van der Waals surface area contributed by atoms with Crippen LogP contribution in [0, 0.1) is 11.8 Å². The molecule has 90 valence electrons. The molecule has 0 radical (unpaired) electrons. The van der Waals surface area contributed by atoms with Crippen LogP contribution >= 0.6 is 0 Å². The highest BCUT2D eigenvalue weighted by atomic mass is 16.5. The molecule has 1 heterocycles. The fourth-order valence-corrected chi connectivity index (χ4v) is 1.79. The summed E-state index contributed by atoms with van der Waals surface area (Å²) in [5, 5.41) is 3.98. The molecular weight excluding hydrogens is 202 g/mol. The zero-order chi connectivity index (χ0) is 11.5. The Labute approximate surface area is 96.6 Å². The van der Waals surface area contributed by atoms with E-state index in [1.165, 1.54) is 12.8 Å². The van der Waals surface area contributed by atoms with Crippen molar-refractivity contribution in [3.63, 3.8) is 0 Å². The molecule has 0 amide bonds. The van der Waals surface area contributed by atoms with Gasteiger partial charge in [-0.2, -0.15) is 4.98 Å². The number of hydrogen-bond donors (Lipinski definition) is 1. The SMILES string of the molecule is CC(C)CCc1noc(CC(N)C2CC2)n1. The van der Waals surface area contributed by atoms with Crippen LogP contribution in [-0.4, -0.2) is 16.2 Å². The van der Waals surface area contributed by atoms with Crippen LogP contribution in [0.5, 0.6) is 0 Å². The molecule has 0 saturated heterocycles. The smallest absolute Gasteiger partial charge is 0.228 e. The third kappa shape index (κ3) is 3.30. The van der Waals surface area contributed by atoms with Gasteiger partial charge in [0.05, 0.1) is 0 Å². The van der Waals surface area contributed by atoms with Crippen molar-refractivity contribution in [1.29, 1.82) is 0 Å². The molecule has 1 atom stereocenters. The van der Waals surface area contributed by atoms with E-state index in [0.717, 1.165) is 25.1 Å². The van der Waals surface area contributed by atoms with Crippen molar-refractivity contribution in [1.82, 2.24) is 10.1 Å². The van der Waals surface area contributed by atoms with Crippen molar-refractivity contribution in [2.75, 3.05) is 0 Å². The van der Waals surface area contributed by atoms with E-state index < -0.39 is 0 Å². The first-order valence-electron chi connectivity index (χ1n) is 6.22. The molecule has 1 aromatic rings. The zero-order valence-electron chi connectivity index (χ0n) is 10.1. The maximum atomic E-state index is 6.01. The number of nitrogens with two attached hydrogens (primary N) is 1. The summed E-state index contributed by atoms with van der Waals surface area (Å²) in [5.41, 5.74) is 6.01. The van der Waals surface area contributed by atoms with Gasteiger partial charge in [-0.1, -0.05) is 19.0 Å². The van der Waals surface area contributed by atoms with Gasteiger partial charge in [0.25, 0.3) is 0 Å². The standard InChI is InChI=1S/C12H21N3O/c1-8(2)3-6-11-14-12(16-15-11)7-10(13)9-4-5-9/h8-10H,3-7,13H2,1-2H3. The van der Waals surface area contributed by atoms with Gasteiger partial charge >= 0.3 is 0 Å². The van der Waals surface area contributed by atoms with Crippen LogP contribution in [0.4, 0.5) is 0 Å². The first-order valence-corrected chi connectivity index (χ1v) is 6.22. The Hall–Kier alpha value is -0.900. The third-order valence-corrected chi connectivity index (χ3v) is 3.09. The van der Waals surface area contributed by atoms with E-state index in [1.807, 2.05) is 0 Å². The summed E-state index contributed by atoms with van der Waals surface area (Å²) in [6.45, 7) is 4.40. The van der Waals surface area contributed by atoms with Crippen molar-refractivity contribution in [3.05, 3.63) is 11.7 Å². The van der Waals surface area contributed by atoms with Crippen molar-refractivity contribution in [2.45, 2.75) is 52.0 Å². The maximum absolute atomic E-state index is 6.01. The van der Waals surface area contributed by atoms with E-state index in [-0.39, 0.29) is 6.04 Å². The number of rotatable bonds is 6. The molecule has 16 heavy (non-hydrogen) atoms. The second kappa shape index (κ2) is 4.95. The second-order valence-corrected chi connectivity index (χ2v) is 5.24. The first kappa shape index (κ1) is 11.6. The Morgan fingerprint density at radius 1 is 1.44 bits per heavy atom.